The lowest BCUT2D eigenvalue weighted by Gasteiger charge is -2.21. The molecule has 0 radical (unpaired) electrons. The molecular weight excluding hydrogens is 214 g/mol. The summed E-state index contributed by atoms with van der Waals surface area (Å²) in [6, 6.07) is 8.32. The van der Waals surface area contributed by atoms with Crippen LogP contribution in [0.4, 0.5) is 5.69 Å². The van der Waals surface area contributed by atoms with E-state index in [0.717, 1.165) is 24.5 Å². The van der Waals surface area contributed by atoms with Crippen molar-refractivity contribution in [1.82, 2.24) is 0 Å². The molecule has 0 saturated carbocycles. The zero-order chi connectivity index (χ0) is 12.7. The third-order valence-corrected chi connectivity index (χ3v) is 2.80. The van der Waals surface area contributed by atoms with Crippen LogP contribution in [0.3, 0.4) is 0 Å². The van der Waals surface area contributed by atoms with Crippen molar-refractivity contribution in [2.24, 2.45) is 0 Å². The fourth-order valence-corrected chi connectivity index (χ4v) is 1.45. The maximum Gasteiger partial charge on any atom is 0.119 e. The minimum absolute atomic E-state index is 0.186. The van der Waals surface area contributed by atoms with Crippen LogP contribution in [-0.4, -0.2) is 25.9 Å². The molecule has 3 nitrogen and oxygen atoms in total. The Morgan fingerprint density at radius 1 is 1.18 bits per heavy atom. The highest BCUT2D eigenvalue weighted by Gasteiger charge is 2.10. The standard InChI is InChI=1S/C14H23NO2/c1-5-10-17-14-8-6-13(7-9-14)15-11(2)12(3)16-4/h6-9,11-12,15H,5,10H2,1-4H3. The third kappa shape index (κ3) is 4.65. The van der Waals surface area contributed by atoms with Crippen molar-refractivity contribution in [1.29, 1.82) is 0 Å². The van der Waals surface area contributed by atoms with Crippen molar-refractivity contribution in [2.75, 3.05) is 19.0 Å². The molecule has 0 aliphatic heterocycles. The van der Waals surface area contributed by atoms with Gasteiger partial charge in [-0.3, -0.25) is 0 Å². The highest BCUT2D eigenvalue weighted by Crippen LogP contribution is 2.17. The first-order valence-corrected chi connectivity index (χ1v) is 6.19. The number of benzene rings is 1. The summed E-state index contributed by atoms with van der Waals surface area (Å²) in [5.74, 6) is 0.921. The number of anilines is 1. The molecule has 17 heavy (non-hydrogen) atoms. The fourth-order valence-electron chi connectivity index (χ4n) is 1.45. The van der Waals surface area contributed by atoms with E-state index < -0.39 is 0 Å². The van der Waals surface area contributed by atoms with Crippen molar-refractivity contribution in [3.8, 4) is 5.75 Å². The van der Waals surface area contributed by atoms with Crippen LogP contribution >= 0.6 is 0 Å². The van der Waals surface area contributed by atoms with Crippen molar-refractivity contribution in [3.63, 3.8) is 0 Å². The molecule has 0 saturated heterocycles. The first kappa shape index (κ1) is 13.8. The lowest BCUT2D eigenvalue weighted by Crippen LogP contribution is -2.29. The van der Waals surface area contributed by atoms with Gasteiger partial charge in [0.25, 0.3) is 0 Å². The number of ether oxygens (including phenoxy) is 2. The van der Waals surface area contributed by atoms with Gasteiger partial charge in [0.15, 0.2) is 0 Å². The van der Waals surface area contributed by atoms with Crippen LogP contribution in [0.15, 0.2) is 24.3 Å². The maximum atomic E-state index is 5.53. The minimum Gasteiger partial charge on any atom is -0.494 e. The van der Waals surface area contributed by atoms with Gasteiger partial charge in [0.05, 0.1) is 12.7 Å². The molecule has 0 spiro atoms. The molecule has 2 unspecified atom stereocenters. The van der Waals surface area contributed by atoms with E-state index in [0.29, 0.717) is 0 Å². The molecule has 1 aromatic rings. The van der Waals surface area contributed by atoms with Crippen LogP contribution in [0.25, 0.3) is 0 Å². The van der Waals surface area contributed by atoms with E-state index in [-0.39, 0.29) is 12.1 Å². The predicted molar refractivity (Wildman–Crippen MR) is 71.8 cm³/mol. The van der Waals surface area contributed by atoms with Crippen LogP contribution in [0.2, 0.25) is 0 Å². The zero-order valence-corrected chi connectivity index (χ0v) is 11.2. The second kappa shape index (κ2) is 7.17. The average Bonchev–Trinajstić information content (AvgIpc) is 2.37. The fraction of sp³-hybridized carbons (Fsp3) is 0.571. The van der Waals surface area contributed by atoms with E-state index in [2.05, 4.69) is 26.1 Å². The van der Waals surface area contributed by atoms with Gasteiger partial charge in [-0.1, -0.05) is 6.92 Å². The third-order valence-electron chi connectivity index (χ3n) is 2.80. The van der Waals surface area contributed by atoms with Crippen LogP contribution in [-0.2, 0) is 4.74 Å². The normalized spacial score (nSPS) is 14.1. The molecule has 0 bridgehead atoms. The molecule has 0 heterocycles. The van der Waals surface area contributed by atoms with Crippen molar-refractivity contribution >= 4 is 5.69 Å². The number of nitrogens with one attached hydrogen (secondary N) is 1. The Kier molecular flexibility index (Phi) is 5.84. The highest BCUT2D eigenvalue weighted by atomic mass is 16.5. The van der Waals surface area contributed by atoms with Crippen LogP contribution in [0, 0.1) is 0 Å². The molecule has 0 aromatic heterocycles. The summed E-state index contributed by atoms with van der Waals surface area (Å²) in [4.78, 5) is 0. The predicted octanol–water partition coefficient (Wildman–Crippen LogP) is 3.31. The summed E-state index contributed by atoms with van der Waals surface area (Å²) in [6.45, 7) is 7.03. The zero-order valence-electron chi connectivity index (χ0n) is 11.2. The van der Waals surface area contributed by atoms with Gasteiger partial charge < -0.3 is 14.8 Å². The van der Waals surface area contributed by atoms with Crippen LogP contribution in [0.1, 0.15) is 27.2 Å². The molecule has 0 fully saturated rings. The molecule has 0 aliphatic carbocycles. The van der Waals surface area contributed by atoms with Crippen molar-refractivity contribution in [2.45, 2.75) is 39.3 Å². The van der Waals surface area contributed by atoms with Crippen molar-refractivity contribution < 1.29 is 9.47 Å². The molecule has 96 valence electrons. The summed E-state index contributed by atoms with van der Waals surface area (Å²) in [5.41, 5.74) is 1.09. The Balaban J connectivity index is 2.50. The van der Waals surface area contributed by atoms with Crippen LogP contribution < -0.4 is 10.1 Å². The Hall–Kier alpha value is -1.22. The van der Waals surface area contributed by atoms with E-state index in [1.54, 1.807) is 7.11 Å². The van der Waals surface area contributed by atoms with Gasteiger partial charge >= 0.3 is 0 Å². The van der Waals surface area contributed by atoms with Crippen LogP contribution in [0.5, 0.6) is 5.75 Å². The SMILES string of the molecule is CCCOc1ccc(NC(C)C(C)OC)cc1. The molecule has 0 aliphatic rings. The van der Waals surface area contributed by atoms with E-state index in [1.165, 1.54) is 0 Å². The highest BCUT2D eigenvalue weighted by molar-refractivity contribution is 5.47. The van der Waals surface area contributed by atoms with E-state index in [9.17, 15) is 0 Å². The molecule has 3 heteroatoms. The van der Waals surface area contributed by atoms with E-state index >= 15 is 0 Å². The Bertz CT molecular complexity index is 311. The molecule has 1 rings (SSSR count). The second-order valence-electron chi connectivity index (χ2n) is 4.25. The van der Waals surface area contributed by atoms with Gasteiger partial charge in [0.1, 0.15) is 5.75 Å². The largest absolute Gasteiger partial charge is 0.494 e. The average molecular weight is 237 g/mol. The topological polar surface area (TPSA) is 30.5 Å². The van der Waals surface area contributed by atoms with Gasteiger partial charge in [-0.05, 0) is 44.5 Å². The van der Waals surface area contributed by atoms with E-state index in [1.807, 2.05) is 24.3 Å². The first-order chi connectivity index (χ1) is 8.17. The quantitative estimate of drug-likeness (QED) is 0.789. The summed E-state index contributed by atoms with van der Waals surface area (Å²) >= 11 is 0. The second-order valence-corrected chi connectivity index (χ2v) is 4.25. The smallest absolute Gasteiger partial charge is 0.119 e. The minimum atomic E-state index is 0.186. The van der Waals surface area contributed by atoms with E-state index in [4.69, 9.17) is 9.47 Å². The molecular formula is C14H23NO2. The first-order valence-electron chi connectivity index (χ1n) is 6.19. The Morgan fingerprint density at radius 3 is 2.35 bits per heavy atom. The Morgan fingerprint density at radius 2 is 1.82 bits per heavy atom. The summed E-state index contributed by atoms with van der Waals surface area (Å²) in [7, 11) is 1.73. The number of hydrogen-bond donors (Lipinski definition) is 1. The molecule has 1 N–H and O–H groups in total. The van der Waals surface area contributed by atoms with Gasteiger partial charge in [0.2, 0.25) is 0 Å². The molecule has 2 atom stereocenters. The number of rotatable bonds is 7. The van der Waals surface area contributed by atoms with Gasteiger partial charge in [-0.25, -0.2) is 0 Å². The van der Waals surface area contributed by atoms with Gasteiger partial charge in [0, 0.05) is 18.8 Å². The Labute approximate surface area is 104 Å². The van der Waals surface area contributed by atoms with Gasteiger partial charge in [-0.2, -0.15) is 0 Å². The lowest BCUT2D eigenvalue weighted by atomic mass is 10.2. The molecule has 0 amide bonds. The number of methoxy groups -OCH3 is 1. The molecule has 1 aromatic carbocycles. The van der Waals surface area contributed by atoms with Gasteiger partial charge in [-0.15, -0.1) is 0 Å². The monoisotopic (exact) mass is 237 g/mol. The summed E-state index contributed by atoms with van der Waals surface area (Å²) < 4.78 is 10.8. The summed E-state index contributed by atoms with van der Waals surface area (Å²) in [5, 5.41) is 3.40. The number of hydrogen-bond acceptors (Lipinski definition) is 3. The van der Waals surface area contributed by atoms with Crippen molar-refractivity contribution in [3.05, 3.63) is 24.3 Å². The summed E-state index contributed by atoms with van der Waals surface area (Å²) in [6.07, 6.45) is 1.22. The maximum absolute atomic E-state index is 5.53. The lowest BCUT2D eigenvalue weighted by molar-refractivity contribution is 0.106.